The summed E-state index contributed by atoms with van der Waals surface area (Å²) < 4.78 is 5.43. The van der Waals surface area contributed by atoms with Gasteiger partial charge in [-0.3, -0.25) is 4.79 Å². The maximum absolute atomic E-state index is 12.3. The average molecular weight is 312 g/mol. The predicted molar refractivity (Wildman–Crippen MR) is 83.7 cm³/mol. The van der Waals surface area contributed by atoms with Crippen molar-refractivity contribution in [3.63, 3.8) is 0 Å². The third kappa shape index (κ3) is 3.70. The number of nitrogens with one attached hydrogen (secondary N) is 1. The highest BCUT2D eigenvalue weighted by Crippen LogP contribution is 2.27. The molecule has 3 nitrogen and oxygen atoms in total. The minimum atomic E-state index is -0.0703. The fraction of sp³-hybridized carbons (Fsp3) is 0.400. The third-order valence-corrected chi connectivity index (χ3v) is 4.51. The molecule has 108 valence electrons. The Labute approximate surface area is 128 Å². The van der Waals surface area contributed by atoms with Crippen LogP contribution >= 0.6 is 23.4 Å². The van der Waals surface area contributed by atoms with E-state index in [0.29, 0.717) is 22.3 Å². The molecule has 1 unspecified atom stereocenters. The molecule has 0 saturated carbocycles. The summed E-state index contributed by atoms with van der Waals surface area (Å²) in [6, 6.07) is 7.56. The van der Waals surface area contributed by atoms with E-state index in [1.807, 2.05) is 38.1 Å². The van der Waals surface area contributed by atoms with Crippen LogP contribution in [-0.2, 0) is 9.53 Å². The van der Waals surface area contributed by atoms with E-state index >= 15 is 0 Å². The van der Waals surface area contributed by atoms with E-state index in [0.717, 1.165) is 17.7 Å². The molecule has 1 atom stereocenters. The Balaban J connectivity index is 2.12. The number of thioether (sulfide) groups is 1. The van der Waals surface area contributed by atoms with Gasteiger partial charge in [-0.1, -0.05) is 30.7 Å². The van der Waals surface area contributed by atoms with Gasteiger partial charge in [-0.25, -0.2) is 0 Å². The van der Waals surface area contributed by atoms with Crippen molar-refractivity contribution in [1.82, 2.24) is 5.32 Å². The van der Waals surface area contributed by atoms with E-state index in [1.165, 1.54) is 0 Å². The van der Waals surface area contributed by atoms with Crippen LogP contribution in [0.2, 0.25) is 5.02 Å². The zero-order chi connectivity index (χ0) is 14.5. The largest absolute Gasteiger partial charge is 0.496 e. The van der Waals surface area contributed by atoms with Crippen molar-refractivity contribution in [2.45, 2.75) is 26.3 Å². The number of benzene rings is 1. The van der Waals surface area contributed by atoms with Crippen molar-refractivity contribution in [3.05, 3.63) is 45.5 Å². The van der Waals surface area contributed by atoms with E-state index in [2.05, 4.69) is 5.32 Å². The van der Waals surface area contributed by atoms with Gasteiger partial charge in [-0.05, 0) is 31.0 Å². The zero-order valence-electron chi connectivity index (χ0n) is 11.6. The van der Waals surface area contributed by atoms with Gasteiger partial charge < -0.3 is 10.1 Å². The van der Waals surface area contributed by atoms with Gasteiger partial charge in [-0.2, -0.15) is 0 Å². The fourth-order valence-electron chi connectivity index (χ4n) is 2.10. The van der Waals surface area contributed by atoms with Gasteiger partial charge in [0.05, 0.1) is 12.6 Å². The van der Waals surface area contributed by atoms with Crippen LogP contribution in [0.1, 0.15) is 31.9 Å². The van der Waals surface area contributed by atoms with E-state index in [9.17, 15) is 4.79 Å². The van der Waals surface area contributed by atoms with Crippen molar-refractivity contribution >= 4 is 29.3 Å². The molecule has 0 aliphatic carbocycles. The molecule has 1 heterocycles. The lowest BCUT2D eigenvalue weighted by Gasteiger charge is -2.22. The fourth-order valence-corrected chi connectivity index (χ4v) is 3.12. The molecule has 1 amide bonds. The van der Waals surface area contributed by atoms with E-state index in [-0.39, 0.29) is 11.9 Å². The Kier molecular flexibility index (Phi) is 5.38. The number of ether oxygens (including phenoxy) is 1. The molecular weight excluding hydrogens is 294 g/mol. The summed E-state index contributed by atoms with van der Waals surface area (Å²) in [5.41, 5.74) is 1.02. The predicted octanol–water partition coefficient (Wildman–Crippen LogP) is 3.90. The summed E-state index contributed by atoms with van der Waals surface area (Å²) >= 11 is 7.55. The van der Waals surface area contributed by atoms with Crippen LogP contribution in [0, 0.1) is 0 Å². The van der Waals surface area contributed by atoms with Crippen molar-refractivity contribution in [3.8, 4) is 0 Å². The first kappa shape index (κ1) is 15.3. The monoisotopic (exact) mass is 311 g/mol. The molecular formula is C15H18ClNO2S. The molecule has 0 aromatic heterocycles. The van der Waals surface area contributed by atoms with Gasteiger partial charge >= 0.3 is 0 Å². The molecule has 1 aromatic rings. The molecule has 5 heteroatoms. The normalized spacial score (nSPS) is 16.6. The molecule has 0 fully saturated rings. The van der Waals surface area contributed by atoms with Crippen LogP contribution in [0.5, 0.6) is 0 Å². The maximum atomic E-state index is 12.3. The van der Waals surface area contributed by atoms with Crippen LogP contribution in [0.4, 0.5) is 0 Å². The summed E-state index contributed by atoms with van der Waals surface area (Å²) in [6.45, 7) is 4.54. The van der Waals surface area contributed by atoms with Gasteiger partial charge in [-0.15, -0.1) is 11.8 Å². The highest BCUT2D eigenvalue weighted by Gasteiger charge is 2.21. The second kappa shape index (κ2) is 7.04. The molecule has 0 saturated heterocycles. The Bertz CT molecular complexity index is 530. The molecule has 20 heavy (non-hydrogen) atoms. The third-order valence-electron chi connectivity index (χ3n) is 3.14. The van der Waals surface area contributed by atoms with Crippen molar-refractivity contribution < 1.29 is 9.53 Å². The van der Waals surface area contributed by atoms with Crippen LogP contribution in [0.25, 0.3) is 0 Å². The molecule has 1 N–H and O–H groups in total. The van der Waals surface area contributed by atoms with Gasteiger partial charge in [0.15, 0.2) is 0 Å². The summed E-state index contributed by atoms with van der Waals surface area (Å²) in [7, 11) is 0. The molecule has 0 bridgehead atoms. The molecule has 1 aromatic carbocycles. The zero-order valence-corrected chi connectivity index (χ0v) is 13.2. The number of allylic oxidation sites excluding steroid dienone is 1. The first-order valence-electron chi connectivity index (χ1n) is 6.64. The second-order valence-electron chi connectivity index (χ2n) is 4.57. The molecule has 1 aliphatic heterocycles. The highest BCUT2D eigenvalue weighted by molar-refractivity contribution is 8.04. The summed E-state index contributed by atoms with van der Waals surface area (Å²) in [5, 5.41) is 3.74. The van der Waals surface area contributed by atoms with E-state index < -0.39 is 0 Å². The highest BCUT2D eigenvalue weighted by atomic mass is 35.5. The van der Waals surface area contributed by atoms with Gasteiger partial charge in [0.25, 0.3) is 5.91 Å². The number of halogens is 1. The Morgan fingerprint density at radius 2 is 2.35 bits per heavy atom. The number of carbonyl (C=O) groups excluding carboxylic acids is 1. The number of carbonyl (C=O) groups is 1. The molecule has 1 aliphatic rings. The standard InChI is InChI=1S/C15H18ClNO2S/c1-3-13(11-5-4-6-12(16)9-11)17-15(18)14-10(2)19-7-8-20-14/h4-6,9,13H,3,7-8H2,1-2H3,(H,17,18). The Morgan fingerprint density at radius 1 is 1.55 bits per heavy atom. The second-order valence-corrected chi connectivity index (χ2v) is 6.11. The van der Waals surface area contributed by atoms with Crippen molar-refractivity contribution in [2.75, 3.05) is 12.4 Å². The minimum Gasteiger partial charge on any atom is -0.496 e. The lowest BCUT2D eigenvalue weighted by atomic mass is 10.0. The van der Waals surface area contributed by atoms with E-state index in [1.54, 1.807) is 11.8 Å². The Hall–Kier alpha value is -1.13. The smallest absolute Gasteiger partial charge is 0.261 e. The quantitative estimate of drug-likeness (QED) is 0.916. The van der Waals surface area contributed by atoms with Crippen LogP contribution in [0.15, 0.2) is 34.9 Å². The lowest BCUT2D eigenvalue weighted by Crippen LogP contribution is -2.30. The number of amides is 1. The molecule has 0 spiro atoms. The molecule has 0 radical (unpaired) electrons. The number of hydrogen-bond donors (Lipinski definition) is 1. The number of rotatable bonds is 4. The molecule has 2 rings (SSSR count). The summed E-state index contributed by atoms with van der Waals surface area (Å²) in [4.78, 5) is 13.0. The van der Waals surface area contributed by atoms with Crippen molar-refractivity contribution in [1.29, 1.82) is 0 Å². The minimum absolute atomic E-state index is 0.0379. The average Bonchev–Trinajstić information content (AvgIpc) is 2.45. The van der Waals surface area contributed by atoms with Gasteiger partial charge in [0.1, 0.15) is 10.7 Å². The van der Waals surface area contributed by atoms with Gasteiger partial charge in [0.2, 0.25) is 0 Å². The topological polar surface area (TPSA) is 38.3 Å². The Morgan fingerprint density at radius 3 is 3.00 bits per heavy atom. The number of hydrogen-bond acceptors (Lipinski definition) is 3. The first-order chi connectivity index (χ1) is 9.61. The maximum Gasteiger partial charge on any atom is 0.261 e. The first-order valence-corrected chi connectivity index (χ1v) is 8.01. The van der Waals surface area contributed by atoms with E-state index in [4.69, 9.17) is 16.3 Å². The SMILES string of the molecule is CCC(NC(=O)C1=C(C)OCCS1)c1cccc(Cl)c1. The van der Waals surface area contributed by atoms with Crippen LogP contribution in [-0.4, -0.2) is 18.3 Å². The lowest BCUT2D eigenvalue weighted by molar-refractivity contribution is -0.117. The van der Waals surface area contributed by atoms with Crippen molar-refractivity contribution in [2.24, 2.45) is 0 Å². The van der Waals surface area contributed by atoms with Crippen LogP contribution in [0.3, 0.4) is 0 Å². The summed E-state index contributed by atoms with van der Waals surface area (Å²) in [6.07, 6.45) is 0.809. The summed E-state index contributed by atoms with van der Waals surface area (Å²) in [5.74, 6) is 1.45. The van der Waals surface area contributed by atoms with Crippen LogP contribution < -0.4 is 5.32 Å². The van der Waals surface area contributed by atoms with Gasteiger partial charge in [0, 0.05) is 10.8 Å².